The predicted octanol–water partition coefficient (Wildman–Crippen LogP) is 1.87. The first kappa shape index (κ1) is 9.15. The molecule has 2 aromatic rings. The minimum atomic E-state index is -0.912. The number of pyridine rings is 1. The van der Waals surface area contributed by atoms with E-state index < -0.39 is 5.97 Å². The maximum Gasteiger partial charge on any atom is 0.352 e. The molecule has 4 heteroatoms. The van der Waals surface area contributed by atoms with Crippen LogP contribution in [0.25, 0.3) is 11.3 Å². The molecule has 0 fully saturated rings. The van der Waals surface area contributed by atoms with Crippen molar-refractivity contribution in [2.75, 3.05) is 0 Å². The monoisotopic (exact) mass is 214 g/mol. The molecule has 0 bridgehead atoms. The fourth-order valence-corrected chi connectivity index (χ4v) is 2.19. The average molecular weight is 214 g/mol. The van der Waals surface area contributed by atoms with Gasteiger partial charge < -0.3 is 10.1 Å². The van der Waals surface area contributed by atoms with E-state index in [2.05, 4.69) is 9.97 Å². The minimum Gasteiger partial charge on any atom is -0.477 e. The molecule has 2 heterocycles. The Morgan fingerprint density at radius 3 is 3.00 bits per heavy atom. The number of carboxylic acid groups (broad SMARTS) is 1. The van der Waals surface area contributed by atoms with E-state index in [-0.39, 0.29) is 5.69 Å². The lowest BCUT2D eigenvalue weighted by molar-refractivity contribution is 0.0691. The zero-order valence-electron chi connectivity index (χ0n) is 8.53. The van der Waals surface area contributed by atoms with Crippen molar-refractivity contribution in [3.05, 3.63) is 41.3 Å². The molecule has 4 nitrogen and oxygen atoms in total. The number of hydrogen-bond acceptors (Lipinski definition) is 2. The predicted molar refractivity (Wildman–Crippen MR) is 58.4 cm³/mol. The van der Waals surface area contributed by atoms with Crippen LogP contribution in [0.4, 0.5) is 0 Å². The van der Waals surface area contributed by atoms with Crippen LogP contribution in [0.2, 0.25) is 0 Å². The summed E-state index contributed by atoms with van der Waals surface area (Å²) >= 11 is 0. The standard InChI is InChI=1S/C12H10N2O2/c15-12(16)10-5-7-1-2-8-6-13-4-3-9(8)11(7)14-10/h3-6,14H,1-2H2,(H,15,16). The highest BCUT2D eigenvalue weighted by Crippen LogP contribution is 2.32. The Morgan fingerprint density at radius 1 is 1.38 bits per heavy atom. The van der Waals surface area contributed by atoms with Crippen molar-refractivity contribution in [3.8, 4) is 11.3 Å². The summed E-state index contributed by atoms with van der Waals surface area (Å²) in [5.74, 6) is -0.912. The van der Waals surface area contributed by atoms with Crippen LogP contribution in [0.1, 0.15) is 21.6 Å². The number of aromatic amines is 1. The molecule has 1 aliphatic rings. The highest BCUT2D eigenvalue weighted by Gasteiger charge is 2.20. The Labute approximate surface area is 92.0 Å². The smallest absolute Gasteiger partial charge is 0.352 e. The van der Waals surface area contributed by atoms with Gasteiger partial charge in [0.05, 0.1) is 0 Å². The topological polar surface area (TPSA) is 66.0 Å². The van der Waals surface area contributed by atoms with Gasteiger partial charge in [-0.15, -0.1) is 0 Å². The summed E-state index contributed by atoms with van der Waals surface area (Å²) in [6.45, 7) is 0. The summed E-state index contributed by atoms with van der Waals surface area (Å²) in [4.78, 5) is 17.9. The van der Waals surface area contributed by atoms with Crippen molar-refractivity contribution in [1.29, 1.82) is 0 Å². The van der Waals surface area contributed by atoms with Gasteiger partial charge in [-0.05, 0) is 36.1 Å². The van der Waals surface area contributed by atoms with E-state index in [9.17, 15) is 4.79 Å². The van der Waals surface area contributed by atoms with E-state index >= 15 is 0 Å². The molecule has 0 saturated heterocycles. The van der Waals surface area contributed by atoms with Crippen LogP contribution in [-0.4, -0.2) is 21.0 Å². The van der Waals surface area contributed by atoms with Gasteiger partial charge in [0, 0.05) is 23.7 Å². The van der Waals surface area contributed by atoms with Crippen LogP contribution in [0.5, 0.6) is 0 Å². The Morgan fingerprint density at radius 2 is 2.19 bits per heavy atom. The molecule has 1 aliphatic carbocycles. The number of carbonyl (C=O) groups is 1. The summed E-state index contributed by atoms with van der Waals surface area (Å²) in [5, 5.41) is 8.94. The van der Waals surface area contributed by atoms with E-state index in [4.69, 9.17) is 5.11 Å². The van der Waals surface area contributed by atoms with Crippen molar-refractivity contribution >= 4 is 5.97 Å². The number of aromatic carboxylic acids is 1. The van der Waals surface area contributed by atoms with Gasteiger partial charge in [-0.2, -0.15) is 0 Å². The molecule has 16 heavy (non-hydrogen) atoms. The number of fused-ring (bicyclic) bond motifs is 3. The van der Waals surface area contributed by atoms with Crippen molar-refractivity contribution in [1.82, 2.24) is 9.97 Å². The average Bonchev–Trinajstić information content (AvgIpc) is 2.73. The first-order valence-corrected chi connectivity index (χ1v) is 5.14. The third kappa shape index (κ3) is 1.23. The molecule has 80 valence electrons. The number of nitrogens with zero attached hydrogens (tertiary/aromatic N) is 1. The SMILES string of the molecule is O=C(O)c1cc2c([nH]1)-c1ccncc1CC2. The second kappa shape index (κ2) is 3.20. The molecular weight excluding hydrogens is 204 g/mol. The zero-order valence-corrected chi connectivity index (χ0v) is 8.53. The molecule has 0 radical (unpaired) electrons. The highest BCUT2D eigenvalue weighted by molar-refractivity contribution is 5.88. The normalized spacial score (nSPS) is 13.0. The fraction of sp³-hybridized carbons (Fsp3) is 0.167. The van der Waals surface area contributed by atoms with Gasteiger partial charge in [0.1, 0.15) is 5.69 Å². The van der Waals surface area contributed by atoms with Gasteiger partial charge in [-0.3, -0.25) is 4.98 Å². The third-order valence-electron chi connectivity index (χ3n) is 2.97. The molecule has 0 saturated carbocycles. The second-order valence-electron chi connectivity index (χ2n) is 3.92. The van der Waals surface area contributed by atoms with E-state index in [0.717, 1.165) is 29.7 Å². The number of H-pyrrole nitrogens is 1. The van der Waals surface area contributed by atoms with Crippen LogP contribution >= 0.6 is 0 Å². The molecule has 0 atom stereocenters. The van der Waals surface area contributed by atoms with Crippen LogP contribution < -0.4 is 0 Å². The molecular formula is C12H10N2O2. The van der Waals surface area contributed by atoms with Gasteiger partial charge in [0.2, 0.25) is 0 Å². The Bertz CT molecular complexity index is 572. The number of aromatic nitrogens is 2. The van der Waals surface area contributed by atoms with Gasteiger partial charge in [-0.1, -0.05) is 0 Å². The maximum atomic E-state index is 10.9. The van der Waals surface area contributed by atoms with E-state index in [0.29, 0.717) is 0 Å². The molecule has 3 rings (SSSR count). The van der Waals surface area contributed by atoms with E-state index in [1.165, 1.54) is 5.56 Å². The van der Waals surface area contributed by atoms with Crippen molar-refractivity contribution in [2.45, 2.75) is 12.8 Å². The maximum absolute atomic E-state index is 10.9. The fourth-order valence-electron chi connectivity index (χ4n) is 2.19. The van der Waals surface area contributed by atoms with Crippen LogP contribution in [-0.2, 0) is 12.8 Å². The third-order valence-corrected chi connectivity index (χ3v) is 2.97. The van der Waals surface area contributed by atoms with Crippen molar-refractivity contribution in [2.24, 2.45) is 0 Å². The number of nitrogens with one attached hydrogen (secondary N) is 1. The van der Waals surface area contributed by atoms with Gasteiger partial charge in [-0.25, -0.2) is 4.79 Å². The Balaban J connectivity index is 2.20. The molecule has 0 aromatic carbocycles. The molecule has 2 N–H and O–H groups in total. The molecule has 2 aromatic heterocycles. The number of carboxylic acids is 1. The number of aryl methyl sites for hydroxylation is 2. The summed E-state index contributed by atoms with van der Waals surface area (Å²) in [5.41, 5.74) is 4.52. The zero-order chi connectivity index (χ0) is 11.1. The van der Waals surface area contributed by atoms with Crippen molar-refractivity contribution < 1.29 is 9.90 Å². The number of rotatable bonds is 1. The molecule has 0 amide bonds. The lowest BCUT2D eigenvalue weighted by Gasteiger charge is -2.14. The van der Waals surface area contributed by atoms with Crippen LogP contribution in [0, 0.1) is 0 Å². The summed E-state index contributed by atoms with van der Waals surface area (Å²) in [7, 11) is 0. The lowest BCUT2D eigenvalue weighted by atomic mass is 9.92. The lowest BCUT2D eigenvalue weighted by Crippen LogP contribution is -2.02. The first-order chi connectivity index (χ1) is 7.75. The molecule has 0 aliphatic heterocycles. The summed E-state index contributed by atoms with van der Waals surface area (Å²) < 4.78 is 0. The quantitative estimate of drug-likeness (QED) is 0.761. The highest BCUT2D eigenvalue weighted by atomic mass is 16.4. The largest absolute Gasteiger partial charge is 0.477 e. The number of hydrogen-bond donors (Lipinski definition) is 2. The first-order valence-electron chi connectivity index (χ1n) is 5.14. The Kier molecular flexibility index (Phi) is 1.83. The summed E-state index contributed by atoms with van der Waals surface area (Å²) in [6, 6.07) is 3.65. The molecule has 0 spiro atoms. The minimum absolute atomic E-state index is 0.259. The van der Waals surface area contributed by atoms with Crippen molar-refractivity contribution in [3.63, 3.8) is 0 Å². The van der Waals surface area contributed by atoms with Crippen LogP contribution in [0.3, 0.4) is 0 Å². The summed E-state index contributed by atoms with van der Waals surface area (Å²) in [6.07, 6.45) is 5.37. The van der Waals surface area contributed by atoms with Gasteiger partial charge >= 0.3 is 5.97 Å². The molecule has 0 unspecified atom stereocenters. The van der Waals surface area contributed by atoms with Crippen LogP contribution in [0.15, 0.2) is 24.5 Å². The van der Waals surface area contributed by atoms with E-state index in [1.807, 2.05) is 12.3 Å². The van der Waals surface area contributed by atoms with E-state index in [1.54, 1.807) is 12.3 Å². The van der Waals surface area contributed by atoms with Gasteiger partial charge in [0.25, 0.3) is 0 Å². The second-order valence-corrected chi connectivity index (χ2v) is 3.92. The Hall–Kier alpha value is -2.10. The van der Waals surface area contributed by atoms with Gasteiger partial charge in [0.15, 0.2) is 0 Å².